The van der Waals surface area contributed by atoms with Crippen LogP contribution in [-0.2, 0) is 22.0 Å². The minimum atomic E-state index is -0.913. The molecule has 3 aromatic rings. The number of amides is 1. The summed E-state index contributed by atoms with van der Waals surface area (Å²) in [6.45, 7) is 4.76. The number of nitrogens with zero attached hydrogens (tertiary/aromatic N) is 1. The van der Waals surface area contributed by atoms with Crippen molar-refractivity contribution in [3.63, 3.8) is 0 Å². The van der Waals surface area contributed by atoms with Crippen LogP contribution in [0.1, 0.15) is 53.0 Å². The first-order chi connectivity index (χ1) is 15.2. The summed E-state index contributed by atoms with van der Waals surface area (Å²) in [4.78, 5) is 25.0. The summed E-state index contributed by atoms with van der Waals surface area (Å²) in [7, 11) is 1.85. The zero-order chi connectivity index (χ0) is 23.0. The van der Waals surface area contributed by atoms with Gasteiger partial charge >= 0.3 is 5.97 Å². The zero-order valence-corrected chi connectivity index (χ0v) is 19.2. The summed E-state index contributed by atoms with van der Waals surface area (Å²) in [6.07, 6.45) is 0.911. The monoisotopic (exact) mass is 454 g/mol. The molecule has 0 saturated carbocycles. The van der Waals surface area contributed by atoms with Crippen LogP contribution in [0.3, 0.4) is 0 Å². The second kappa shape index (κ2) is 8.60. The van der Waals surface area contributed by atoms with E-state index >= 15 is 0 Å². The van der Waals surface area contributed by atoms with Crippen LogP contribution in [-0.4, -0.2) is 34.8 Å². The lowest BCUT2D eigenvalue weighted by Gasteiger charge is -2.33. The largest absolute Gasteiger partial charge is 0.481 e. The lowest BCUT2D eigenvalue weighted by molar-refractivity contribution is -0.147. The molecule has 4 rings (SSSR count). The van der Waals surface area contributed by atoms with E-state index < -0.39 is 11.4 Å². The summed E-state index contributed by atoms with van der Waals surface area (Å²) in [5, 5.41) is 14.4. The molecule has 0 aliphatic carbocycles. The van der Waals surface area contributed by atoms with Crippen LogP contribution in [0.25, 0.3) is 10.9 Å². The number of aryl methyl sites for hydroxylation is 2. The van der Waals surface area contributed by atoms with E-state index in [0.717, 1.165) is 27.6 Å². The number of carbonyl (C=O) groups excluding carboxylic acids is 1. The van der Waals surface area contributed by atoms with Gasteiger partial charge in [0, 0.05) is 25.6 Å². The Hall–Kier alpha value is -2.83. The summed E-state index contributed by atoms with van der Waals surface area (Å²) in [6, 6.07) is 13.0. The molecule has 7 heteroatoms. The van der Waals surface area contributed by atoms with Crippen molar-refractivity contribution in [2.75, 3.05) is 13.2 Å². The smallest absolute Gasteiger partial charge is 0.314 e. The summed E-state index contributed by atoms with van der Waals surface area (Å²) in [5.41, 5.74) is 3.24. The van der Waals surface area contributed by atoms with Crippen LogP contribution in [0.15, 0.2) is 42.5 Å². The van der Waals surface area contributed by atoms with Crippen molar-refractivity contribution < 1.29 is 19.4 Å². The first-order valence-electron chi connectivity index (χ1n) is 10.7. The minimum Gasteiger partial charge on any atom is -0.481 e. The number of carboxylic acids is 1. The molecule has 168 valence electrons. The van der Waals surface area contributed by atoms with E-state index in [9.17, 15) is 14.7 Å². The quantitative estimate of drug-likeness (QED) is 0.582. The molecule has 1 aliphatic heterocycles. The molecule has 2 N–H and O–H groups in total. The number of hydrogen-bond acceptors (Lipinski definition) is 3. The third kappa shape index (κ3) is 3.89. The molecule has 1 aromatic heterocycles. The summed E-state index contributed by atoms with van der Waals surface area (Å²) >= 11 is 6.37. The number of halogens is 1. The van der Waals surface area contributed by atoms with Crippen molar-refractivity contribution in [2.24, 2.45) is 7.05 Å². The van der Waals surface area contributed by atoms with E-state index in [0.29, 0.717) is 36.8 Å². The highest BCUT2D eigenvalue weighted by atomic mass is 35.5. The standard InChI is InChI=1S/C25H27ClN2O4/c1-15-12-20(26)19-14-22(28(3)21(19)13-15)23(29)27-16(2)17-4-6-18(7-5-17)25(24(30)31)8-10-32-11-9-25/h4-7,12-14,16H,8-11H2,1-3H3,(H,27,29)(H,30,31)/t16-/m1/s1. The Kier molecular flexibility index (Phi) is 6.01. The average molecular weight is 455 g/mol. The van der Waals surface area contributed by atoms with Gasteiger partial charge in [0.2, 0.25) is 0 Å². The molecule has 1 saturated heterocycles. The number of benzene rings is 2. The number of carboxylic acid groups (broad SMARTS) is 1. The maximum Gasteiger partial charge on any atom is 0.314 e. The fourth-order valence-corrected chi connectivity index (χ4v) is 4.85. The van der Waals surface area contributed by atoms with E-state index in [1.165, 1.54) is 0 Å². The van der Waals surface area contributed by atoms with Crippen molar-refractivity contribution >= 4 is 34.4 Å². The number of nitrogens with one attached hydrogen (secondary N) is 1. The molecular formula is C25H27ClN2O4. The van der Waals surface area contributed by atoms with E-state index in [1.54, 1.807) is 0 Å². The van der Waals surface area contributed by atoms with Gasteiger partial charge in [0.05, 0.1) is 22.0 Å². The van der Waals surface area contributed by atoms with Crippen molar-refractivity contribution in [3.8, 4) is 0 Å². The van der Waals surface area contributed by atoms with E-state index in [4.69, 9.17) is 16.3 Å². The number of fused-ring (bicyclic) bond motifs is 1. The zero-order valence-electron chi connectivity index (χ0n) is 18.4. The second-order valence-corrected chi connectivity index (χ2v) is 8.99. The number of ether oxygens (including phenoxy) is 1. The summed E-state index contributed by atoms with van der Waals surface area (Å²) < 4.78 is 7.22. The van der Waals surface area contributed by atoms with E-state index in [1.807, 2.05) is 67.9 Å². The molecule has 32 heavy (non-hydrogen) atoms. The van der Waals surface area contributed by atoms with Crippen molar-refractivity contribution in [2.45, 2.75) is 38.1 Å². The molecule has 1 atom stereocenters. The first kappa shape index (κ1) is 22.4. The van der Waals surface area contributed by atoms with Crippen LogP contribution in [0.5, 0.6) is 0 Å². The number of aliphatic carboxylic acids is 1. The highest BCUT2D eigenvalue weighted by Gasteiger charge is 2.41. The lowest BCUT2D eigenvalue weighted by atomic mass is 9.74. The first-order valence-corrected chi connectivity index (χ1v) is 11.1. The van der Waals surface area contributed by atoms with Gasteiger partial charge in [0.15, 0.2) is 0 Å². The third-order valence-corrected chi connectivity index (χ3v) is 6.87. The molecule has 1 fully saturated rings. The Bertz CT molecular complexity index is 1180. The predicted molar refractivity (Wildman–Crippen MR) is 124 cm³/mol. The fraction of sp³-hybridized carbons (Fsp3) is 0.360. The Balaban J connectivity index is 1.54. The Labute approximate surface area is 192 Å². The van der Waals surface area contributed by atoms with Gasteiger partial charge in [-0.1, -0.05) is 35.9 Å². The molecule has 0 radical (unpaired) electrons. The molecule has 0 unspecified atom stereocenters. The van der Waals surface area contributed by atoms with E-state index in [2.05, 4.69) is 5.32 Å². The van der Waals surface area contributed by atoms with Gasteiger partial charge in [0.1, 0.15) is 5.69 Å². The van der Waals surface area contributed by atoms with Gasteiger partial charge in [-0.2, -0.15) is 0 Å². The Morgan fingerprint density at radius 1 is 1.16 bits per heavy atom. The van der Waals surface area contributed by atoms with Crippen molar-refractivity contribution in [1.82, 2.24) is 9.88 Å². The van der Waals surface area contributed by atoms with Crippen LogP contribution >= 0.6 is 11.6 Å². The minimum absolute atomic E-state index is 0.194. The summed E-state index contributed by atoms with van der Waals surface area (Å²) in [5.74, 6) is -1.01. The second-order valence-electron chi connectivity index (χ2n) is 8.58. The predicted octanol–water partition coefficient (Wildman–Crippen LogP) is 4.76. The van der Waals surface area contributed by atoms with Gasteiger partial charge in [-0.25, -0.2) is 0 Å². The third-order valence-electron chi connectivity index (χ3n) is 6.56. The Morgan fingerprint density at radius 3 is 2.44 bits per heavy atom. The van der Waals surface area contributed by atoms with E-state index in [-0.39, 0.29) is 11.9 Å². The SMILES string of the molecule is Cc1cc(Cl)c2cc(C(=O)N[C@H](C)c3ccc(C4(C(=O)O)CCOCC4)cc3)n(C)c2c1. The Morgan fingerprint density at radius 2 is 1.81 bits per heavy atom. The molecule has 0 spiro atoms. The van der Waals surface area contributed by atoms with Crippen LogP contribution in [0, 0.1) is 6.92 Å². The lowest BCUT2D eigenvalue weighted by Crippen LogP contribution is -2.41. The molecule has 1 aliphatic rings. The maximum absolute atomic E-state index is 13.0. The van der Waals surface area contributed by atoms with Gasteiger partial charge in [-0.3, -0.25) is 9.59 Å². The topological polar surface area (TPSA) is 80.6 Å². The van der Waals surface area contributed by atoms with Gasteiger partial charge in [-0.05, 0) is 61.6 Å². The number of rotatable bonds is 5. The van der Waals surface area contributed by atoms with Gasteiger partial charge < -0.3 is 19.7 Å². The number of aromatic nitrogens is 1. The van der Waals surface area contributed by atoms with Crippen molar-refractivity contribution in [1.29, 1.82) is 0 Å². The fourth-order valence-electron chi connectivity index (χ4n) is 4.53. The van der Waals surface area contributed by atoms with Crippen LogP contribution < -0.4 is 5.32 Å². The molecule has 0 bridgehead atoms. The maximum atomic E-state index is 13.0. The van der Waals surface area contributed by atoms with Gasteiger partial charge in [-0.15, -0.1) is 0 Å². The van der Waals surface area contributed by atoms with Crippen LogP contribution in [0.4, 0.5) is 0 Å². The molecule has 2 heterocycles. The normalized spacial score (nSPS) is 16.6. The average Bonchev–Trinajstić information content (AvgIpc) is 3.11. The number of carbonyl (C=O) groups is 2. The molecule has 2 aromatic carbocycles. The number of hydrogen-bond donors (Lipinski definition) is 2. The van der Waals surface area contributed by atoms with Crippen LogP contribution in [0.2, 0.25) is 5.02 Å². The molecular weight excluding hydrogens is 428 g/mol. The molecule has 6 nitrogen and oxygen atoms in total. The molecule has 1 amide bonds. The van der Waals surface area contributed by atoms with Gasteiger partial charge in [0.25, 0.3) is 5.91 Å². The van der Waals surface area contributed by atoms with Crippen molar-refractivity contribution in [3.05, 3.63) is 69.9 Å². The highest BCUT2D eigenvalue weighted by molar-refractivity contribution is 6.35. The highest BCUT2D eigenvalue weighted by Crippen LogP contribution is 2.36.